The van der Waals surface area contributed by atoms with Gasteiger partial charge in [-0.3, -0.25) is 0 Å². The fourth-order valence-corrected chi connectivity index (χ4v) is 1.58. The third-order valence-corrected chi connectivity index (χ3v) is 2.32. The predicted octanol–water partition coefficient (Wildman–Crippen LogP) is 0.501. The van der Waals surface area contributed by atoms with Crippen molar-refractivity contribution in [3.05, 3.63) is 0 Å². The summed E-state index contributed by atoms with van der Waals surface area (Å²) in [6.45, 7) is 5.63. The van der Waals surface area contributed by atoms with E-state index in [4.69, 9.17) is 4.74 Å². The molecule has 0 radical (unpaired) electrons. The predicted molar refractivity (Wildman–Crippen MR) is 41.0 cm³/mol. The fraction of sp³-hybridized carbons (Fsp3) is 1.00. The highest BCUT2D eigenvalue weighted by atomic mass is 16.6. The second kappa shape index (κ2) is 2.73. The number of hydrogen-bond acceptors (Lipinski definition) is 3. The molecule has 0 aromatic carbocycles. The van der Waals surface area contributed by atoms with Crippen LogP contribution in [0.25, 0.3) is 0 Å². The quantitative estimate of drug-likeness (QED) is 0.542. The Morgan fingerprint density at radius 3 is 2.36 bits per heavy atom. The molecule has 1 aliphatic heterocycles. The first-order chi connectivity index (χ1) is 4.93. The Morgan fingerprint density at radius 1 is 1.36 bits per heavy atom. The van der Waals surface area contributed by atoms with E-state index in [2.05, 4.69) is 0 Å². The van der Waals surface area contributed by atoms with E-state index in [1.54, 1.807) is 6.92 Å². The van der Waals surface area contributed by atoms with Crippen molar-refractivity contribution in [2.45, 2.75) is 45.7 Å². The molecule has 0 spiro atoms. The maximum absolute atomic E-state index is 9.59. The summed E-state index contributed by atoms with van der Waals surface area (Å²) < 4.78 is 5.04. The van der Waals surface area contributed by atoms with E-state index >= 15 is 0 Å². The van der Waals surface area contributed by atoms with E-state index in [1.165, 1.54) is 0 Å². The third kappa shape index (κ3) is 1.72. The molecule has 0 aromatic rings. The lowest BCUT2D eigenvalue weighted by Gasteiger charge is -2.41. The van der Waals surface area contributed by atoms with E-state index in [-0.39, 0.29) is 11.5 Å². The molecule has 3 atom stereocenters. The molecule has 1 aliphatic rings. The highest BCUT2D eigenvalue weighted by molar-refractivity contribution is 4.86. The van der Waals surface area contributed by atoms with E-state index in [0.29, 0.717) is 6.42 Å². The first-order valence-corrected chi connectivity index (χ1v) is 3.95. The monoisotopic (exact) mass is 160 g/mol. The molecule has 3 heteroatoms. The average molecular weight is 160 g/mol. The highest BCUT2D eigenvalue weighted by Crippen LogP contribution is 2.34. The van der Waals surface area contributed by atoms with Crippen LogP contribution in [-0.2, 0) is 4.74 Å². The molecule has 0 aromatic heterocycles. The van der Waals surface area contributed by atoms with E-state index < -0.39 is 12.4 Å². The van der Waals surface area contributed by atoms with Crippen molar-refractivity contribution in [2.75, 3.05) is 0 Å². The third-order valence-electron chi connectivity index (χ3n) is 2.32. The number of aliphatic hydroxyl groups is 2. The summed E-state index contributed by atoms with van der Waals surface area (Å²) in [4.78, 5) is 0. The Labute approximate surface area is 67.0 Å². The van der Waals surface area contributed by atoms with Crippen LogP contribution in [0.1, 0.15) is 27.2 Å². The van der Waals surface area contributed by atoms with Crippen molar-refractivity contribution in [1.82, 2.24) is 0 Å². The largest absolute Gasteiger partial charge is 0.390 e. The second-order valence-electron chi connectivity index (χ2n) is 3.93. The van der Waals surface area contributed by atoms with Gasteiger partial charge in [0.25, 0.3) is 0 Å². The van der Waals surface area contributed by atoms with Crippen molar-refractivity contribution in [3.8, 4) is 0 Å². The van der Waals surface area contributed by atoms with Gasteiger partial charge in [-0.05, 0) is 12.3 Å². The minimum absolute atomic E-state index is 0.239. The zero-order valence-corrected chi connectivity index (χ0v) is 7.24. The van der Waals surface area contributed by atoms with Gasteiger partial charge in [0, 0.05) is 6.42 Å². The second-order valence-corrected chi connectivity index (χ2v) is 3.93. The van der Waals surface area contributed by atoms with Gasteiger partial charge in [0.1, 0.15) is 0 Å². The number of aliphatic hydroxyl groups excluding tert-OH is 2. The molecule has 1 saturated heterocycles. The molecule has 1 fully saturated rings. The van der Waals surface area contributed by atoms with Crippen molar-refractivity contribution >= 4 is 0 Å². The maximum Gasteiger partial charge on any atom is 0.155 e. The smallest absolute Gasteiger partial charge is 0.155 e. The Kier molecular flexibility index (Phi) is 2.23. The summed E-state index contributed by atoms with van der Waals surface area (Å²) in [5, 5.41) is 18.8. The SMILES string of the molecule is C[C@@H]1OC(O)CC(C)(C)C1O. The molecule has 0 bridgehead atoms. The molecule has 2 N–H and O–H groups in total. The van der Waals surface area contributed by atoms with Crippen LogP contribution >= 0.6 is 0 Å². The maximum atomic E-state index is 9.59. The molecule has 1 heterocycles. The van der Waals surface area contributed by atoms with Gasteiger partial charge in [-0.25, -0.2) is 0 Å². The normalized spacial score (nSPS) is 43.9. The van der Waals surface area contributed by atoms with Crippen molar-refractivity contribution < 1.29 is 14.9 Å². The summed E-state index contributed by atoms with van der Waals surface area (Å²) in [5.41, 5.74) is -0.239. The van der Waals surface area contributed by atoms with Gasteiger partial charge in [-0.1, -0.05) is 13.8 Å². The van der Waals surface area contributed by atoms with Gasteiger partial charge in [0.15, 0.2) is 6.29 Å². The summed E-state index contributed by atoms with van der Waals surface area (Å²) in [5.74, 6) is 0. The lowest BCUT2D eigenvalue weighted by atomic mass is 9.79. The van der Waals surface area contributed by atoms with Crippen LogP contribution in [0.4, 0.5) is 0 Å². The van der Waals surface area contributed by atoms with Crippen molar-refractivity contribution in [3.63, 3.8) is 0 Å². The molecule has 0 aliphatic carbocycles. The van der Waals surface area contributed by atoms with Gasteiger partial charge in [-0.15, -0.1) is 0 Å². The Hall–Kier alpha value is -0.120. The van der Waals surface area contributed by atoms with Crippen LogP contribution in [0.3, 0.4) is 0 Å². The fourth-order valence-electron chi connectivity index (χ4n) is 1.58. The Morgan fingerprint density at radius 2 is 1.91 bits per heavy atom. The molecule has 1 rings (SSSR count). The lowest BCUT2D eigenvalue weighted by Crippen LogP contribution is -2.48. The van der Waals surface area contributed by atoms with E-state index in [9.17, 15) is 10.2 Å². The van der Waals surface area contributed by atoms with Crippen LogP contribution in [0.2, 0.25) is 0 Å². The summed E-state index contributed by atoms with van der Waals surface area (Å²) in [6, 6.07) is 0. The van der Waals surface area contributed by atoms with Gasteiger partial charge in [0.2, 0.25) is 0 Å². The molecule has 0 amide bonds. The number of hydrogen-bond donors (Lipinski definition) is 2. The molecule has 11 heavy (non-hydrogen) atoms. The Bertz CT molecular complexity index is 144. The van der Waals surface area contributed by atoms with Gasteiger partial charge in [-0.2, -0.15) is 0 Å². The van der Waals surface area contributed by atoms with Gasteiger partial charge < -0.3 is 14.9 Å². The minimum Gasteiger partial charge on any atom is -0.390 e. The summed E-state index contributed by atoms with van der Waals surface area (Å²) in [7, 11) is 0. The molecule has 66 valence electrons. The molecular weight excluding hydrogens is 144 g/mol. The van der Waals surface area contributed by atoms with Crippen LogP contribution < -0.4 is 0 Å². The molecule has 2 unspecified atom stereocenters. The Balaban J connectivity index is 2.67. The summed E-state index contributed by atoms with van der Waals surface area (Å²) in [6.07, 6.45) is -0.971. The first kappa shape index (κ1) is 8.97. The van der Waals surface area contributed by atoms with Gasteiger partial charge in [0.05, 0.1) is 12.2 Å². The first-order valence-electron chi connectivity index (χ1n) is 3.95. The topological polar surface area (TPSA) is 49.7 Å². The standard InChI is InChI=1S/C8H16O3/c1-5-7(10)8(2,3)4-6(9)11-5/h5-7,9-10H,4H2,1-3H3/t5-,6?,7?/m0/s1. The lowest BCUT2D eigenvalue weighted by molar-refractivity contribution is -0.232. The van der Waals surface area contributed by atoms with E-state index in [0.717, 1.165) is 0 Å². The van der Waals surface area contributed by atoms with Crippen molar-refractivity contribution in [2.24, 2.45) is 5.41 Å². The van der Waals surface area contributed by atoms with E-state index in [1.807, 2.05) is 13.8 Å². The van der Waals surface area contributed by atoms with Crippen LogP contribution in [0, 0.1) is 5.41 Å². The zero-order chi connectivity index (χ0) is 8.65. The van der Waals surface area contributed by atoms with Crippen LogP contribution in [-0.4, -0.2) is 28.7 Å². The molecular formula is C8H16O3. The molecule has 3 nitrogen and oxygen atoms in total. The minimum atomic E-state index is -0.719. The summed E-state index contributed by atoms with van der Waals surface area (Å²) >= 11 is 0. The molecule has 0 saturated carbocycles. The van der Waals surface area contributed by atoms with Gasteiger partial charge >= 0.3 is 0 Å². The van der Waals surface area contributed by atoms with Crippen LogP contribution in [0.5, 0.6) is 0 Å². The zero-order valence-electron chi connectivity index (χ0n) is 7.24. The number of ether oxygens (including phenoxy) is 1. The number of rotatable bonds is 0. The highest BCUT2D eigenvalue weighted by Gasteiger charge is 2.40. The average Bonchev–Trinajstić information content (AvgIpc) is 1.81. The van der Waals surface area contributed by atoms with Crippen LogP contribution in [0.15, 0.2) is 0 Å². The van der Waals surface area contributed by atoms with Crippen molar-refractivity contribution in [1.29, 1.82) is 0 Å².